The van der Waals surface area contributed by atoms with Crippen LogP contribution in [0.5, 0.6) is 0 Å². The third-order valence-electron chi connectivity index (χ3n) is 3.48. The van der Waals surface area contributed by atoms with Crippen molar-refractivity contribution in [2.24, 2.45) is 10.9 Å². The van der Waals surface area contributed by atoms with Crippen molar-refractivity contribution in [1.29, 1.82) is 0 Å². The molecule has 86 valence electrons. The van der Waals surface area contributed by atoms with Crippen molar-refractivity contribution in [3.63, 3.8) is 0 Å². The molecular formula is C12H22N2S. The van der Waals surface area contributed by atoms with E-state index in [1.807, 2.05) is 11.8 Å². The predicted molar refractivity (Wildman–Crippen MR) is 68.5 cm³/mol. The molecule has 0 radical (unpaired) electrons. The van der Waals surface area contributed by atoms with E-state index in [0.717, 1.165) is 24.3 Å². The monoisotopic (exact) mass is 226 g/mol. The number of amidine groups is 1. The Bertz CT molecular complexity index is 222. The highest BCUT2D eigenvalue weighted by Gasteiger charge is 2.18. The van der Waals surface area contributed by atoms with Crippen molar-refractivity contribution < 1.29 is 0 Å². The maximum absolute atomic E-state index is 4.52. The van der Waals surface area contributed by atoms with Crippen LogP contribution in [0.15, 0.2) is 4.99 Å². The Morgan fingerprint density at radius 2 is 2.20 bits per heavy atom. The number of nitrogens with one attached hydrogen (secondary N) is 1. The average Bonchev–Trinajstić information content (AvgIpc) is 2.88. The molecule has 2 aliphatic rings. The van der Waals surface area contributed by atoms with Crippen molar-refractivity contribution >= 4 is 16.9 Å². The zero-order valence-electron chi connectivity index (χ0n) is 9.67. The standard InChI is InChI=1S/C12H22N2S/c1-2-11-9-14-12(15-11)13-8-7-10-5-3-4-6-10/h10-11H,2-9H2,1H3,(H,13,14). The Balaban J connectivity index is 1.58. The van der Waals surface area contributed by atoms with E-state index in [1.54, 1.807) is 0 Å². The van der Waals surface area contributed by atoms with Gasteiger partial charge in [-0.2, -0.15) is 0 Å². The van der Waals surface area contributed by atoms with Gasteiger partial charge in [0.1, 0.15) is 0 Å². The molecule has 0 saturated heterocycles. The van der Waals surface area contributed by atoms with Crippen LogP contribution in [0.2, 0.25) is 0 Å². The molecule has 2 nitrogen and oxygen atoms in total. The first-order chi connectivity index (χ1) is 7.38. The lowest BCUT2D eigenvalue weighted by Gasteiger charge is -2.10. The third-order valence-corrected chi connectivity index (χ3v) is 4.79. The maximum Gasteiger partial charge on any atom is 0.156 e. The summed E-state index contributed by atoms with van der Waals surface area (Å²) in [6.07, 6.45) is 8.41. The fraction of sp³-hybridized carbons (Fsp3) is 0.917. The fourth-order valence-corrected chi connectivity index (χ4v) is 3.38. The molecule has 1 N–H and O–H groups in total. The van der Waals surface area contributed by atoms with Gasteiger partial charge >= 0.3 is 0 Å². The van der Waals surface area contributed by atoms with Gasteiger partial charge in [0.25, 0.3) is 0 Å². The summed E-state index contributed by atoms with van der Waals surface area (Å²) in [6, 6.07) is 0. The van der Waals surface area contributed by atoms with Gasteiger partial charge in [-0.3, -0.25) is 4.99 Å². The summed E-state index contributed by atoms with van der Waals surface area (Å²) in [5, 5.41) is 5.42. The molecule has 0 aromatic carbocycles. The van der Waals surface area contributed by atoms with E-state index < -0.39 is 0 Å². The Hall–Kier alpha value is -0.180. The molecule has 3 heteroatoms. The molecule has 1 fully saturated rings. The second kappa shape index (κ2) is 5.78. The van der Waals surface area contributed by atoms with Crippen LogP contribution in [0.3, 0.4) is 0 Å². The lowest BCUT2D eigenvalue weighted by Crippen LogP contribution is -2.22. The summed E-state index contributed by atoms with van der Waals surface area (Å²) in [4.78, 5) is 4.52. The lowest BCUT2D eigenvalue weighted by molar-refractivity contribution is 0.501. The molecule has 0 amide bonds. The first-order valence-electron chi connectivity index (χ1n) is 6.33. The molecule has 0 bridgehead atoms. The highest BCUT2D eigenvalue weighted by Crippen LogP contribution is 2.27. The third kappa shape index (κ3) is 3.40. The number of hydrogen-bond donors (Lipinski definition) is 1. The van der Waals surface area contributed by atoms with Crippen LogP contribution in [-0.2, 0) is 0 Å². The fourth-order valence-electron chi connectivity index (χ4n) is 2.41. The Morgan fingerprint density at radius 1 is 1.40 bits per heavy atom. The van der Waals surface area contributed by atoms with Crippen LogP contribution >= 0.6 is 11.8 Å². The molecule has 0 spiro atoms. The lowest BCUT2D eigenvalue weighted by atomic mass is 10.0. The normalized spacial score (nSPS) is 27.0. The molecule has 1 saturated carbocycles. The van der Waals surface area contributed by atoms with Gasteiger partial charge in [-0.25, -0.2) is 0 Å². The van der Waals surface area contributed by atoms with Crippen LogP contribution in [0.25, 0.3) is 0 Å². The first kappa shape index (κ1) is 11.3. The van der Waals surface area contributed by atoms with Crippen LogP contribution < -0.4 is 5.32 Å². The number of thioether (sulfide) groups is 1. The van der Waals surface area contributed by atoms with E-state index in [0.29, 0.717) is 0 Å². The second-order valence-electron chi connectivity index (χ2n) is 4.66. The highest BCUT2D eigenvalue weighted by molar-refractivity contribution is 8.14. The summed E-state index contributed by atoms with van der Waals surface area (Å²) < 4.78 is 0. The van der Waals surface area contributed by atoms with Crippen molar-refractivity contribution in [3.8, 4) is 0 Å². The van der Waals surface area contributed by atoms with Crippen LogP contribution in [-0.4, -0.2) is 23.5 Å². The highest BCUT2D eigenvalue weighted by atomic mass is 32.2. The summed E-state index contributed by atoms with van der Waals surface area (Å²) >= 11 is 1.93. The minimum Gasteiger partial charge on any atom is -0.365 e. The van der Waals surface area contributed by atoms with Crippen LogP contribution in [0.1, 0.15) is 45.4 Å². The quantitative estimate of drug-likeness (QED) is 0.797. The average molecular weight is 226 g/mol. The molecular weight excluding hydrogens is 204 g/mol. The topological polar surface area (TPSA) is 24.4 Å². The zero-order chi connectivity index (χ0) is 10.5. The van der Waals surface area contributed by atoms with Gasteiger partial charge in [0.2, 0.25) is 0 Å². The number of aliphatic imine (C=N–C) groups is 1. The maximum atomic E-state index is 4.52. The van der Waals surface area contributed by atoms with Gasteiger partial charge in [0.05, 0.1) is 6.54 Å². The van der Waals surface area contributed by atoms with Gasteiger partial charge < -0.3 is 5.32 Å². The Labute approximate surface area is 97.3 Å². The van der Waals surface area contributed by atoms with Crippen molar-refractivity contribution in [2.75, 3.05) is 13.1 Å². The van der Waals surface area contributed by atoms with Gasteiger partial charge in [-0.1, -0.05) is 44.4 Å². The van der Waals surface area contributed by atoms with Crippen LogP contribution in [0, 0.1) is 5.92 Å². The Kier molecular flexibility index (Phi) is 4.36. The Morgan fingerprint density at radius 3 is 2.87 bits per heavy atom. The van der Waals surface area contributed by atoms with Gasteiger partial charge in [0.15, 0.2) is 5.17 Å². The van der Waals surface area contributed by atoms with Crippen molar-refractivity contribution in [2.45, 2.75) is 50.7 Å². The van der Waals surface area contributed by atoms with E-state index >= 15 is 0 Å². The first-order valence-corrected chi connectivity index (χ1v) is 7.21. The van der Waals surface area contributed by atoms with Crippen molar-refractivity contribution in [3.05, 3.63) is 0 Å². The van der Waals surface area contributed by atoms with E-state index in [2.05, 4.69) is 17.2 Å². The van der Waals surface area contributed by atoms with Crippen molar-refractivity contribution in [1.82, 2.24) is 5.32 Å². The van der Waals surface area contributed by atoms with Crippen LogP contribution in [0.4, 0.5) is 0 Å². The minimum absolute atomic E-state index is 0.735. The molecule has 15 heavy (non-hydrogen) atoms. The largest absolute Gasteiger partial charge is 0.365 e. The SMILES string of the molecule is CCC1CN=C(NCCC2CCCC2)S1. The second-order valence-corrected chi connectivity index (χ2v) is 5.95. The summed E-state index contributed by atoms with van der Waals surface area (Å²) in [5.74, 6) is 0.992. The molecule has 2 rings (SSSR count). The summed E-state index contributed by atoms with van der Waals surface area (Å²) in [5.41, 5.74) is 0. The number of hydrogen-bond acceptors (Lipinski definition) is 3. The number of nitrogens with zero attached hydrogens (tertiary/aromatic N) is 1. The molecule has 1 aliphatic heterocycles. The van der Waals surface area contributed by atoms with Gasteiger partial charge in [0, 0.05) is 11.8 Å². The summed E-state index contributed by atoms with van der Waals surface area (Å²) in [7, 11) is 0. The molecule has 0 aromatic rings. The van der Waals surface area contributed by atoms with E-state index in [4.69, 9.17) is 0 Å². The molecule has 1 unspecified atom stereocenters. The predicted octanol–water partition coefficient (Wildman–Crippen LogP) is 3.04. The molecule has 1 heterocycles. The summed E-state index contributed by atoms with van der Waals surface area (Å²) in [6.45, 7) is 4.40. The molecule has 1 atom stereocenters. The molecule has 1 aliphatic carbocycles. The molecule has 0 aromatic heterocycles. The number of rotatable bonds is 4. The zero-order valence-corrected chi connectivity index (χ0v) is 10.5. The van der Waals surface area contributed by atoms with E-state index in [9.17, 15) is 0 Å². The van der Waals surface area contributed by atoms with Gasteiger partial charge in [-0.05, 0) is 18.8 Å². The van der Waals surface area contributed by atoms with Gasteiger partial charge in [-0.15, -0.1) is 0 Å². The van der Waals surface area contributed by atoms with E-state index in [1.165, 1.54) is 43.7 Å². The van der Waals surface area contributed by atoms with E-state index in [-0.39, 0.29) is 0 Å². The smallest absolute Gasteiger partial charge is 0.156 e. The minimum atomic E-state index is 0.735.